The first-order chi connectivity index (χ1) is 9.46. The number of hydrogen-bond donors (Lipinski definition) is 1. The Morgan fingerprint density at radius 3 is 2.40 bits per heavy atom. The second-order valence-corrected chi connectivity index (χ2v) is 4.78. The highest BCUT2D eigenvalue weighted by Gasteiger charge is 1.96. The molecule has 1 aromatic heterocycles. The first-order valence-corrected chi connectivity index (χ1v) is 6.74. The van der Waals surface area contributed by atoms with Gasteiger partial charge in [-0.15, -0.1) is 0 Å². The van der Waals surface area contributed by atoms with Crippen molar-refractivity contribution in [1.82, 2.24) is 9.97 Å². The van der Waals surface area contributed by atoms with E-state index in [9.17, 15) is 0 Å². The third-order valence-electron chi connectivity index (χ3n) is 2.72. The summed E-state index contributed by atoms with van der Waals surface area (Å²) in [5, 5.41) is 0.828. The van der Waals surface area contributed by atoms with Crippen LogP contribution in [0.3, 0.4) is 0 Å². The quantitative estimate of drug-likeness (QED) is 0.919. The van der Waals surface area contributed by atoms with E-state index in [1.807, 2.05) is 19.1 Å². The number of hydrogen-bond acceptors (Lipinski definition) is 4. The zero-order valence-corrected chi connectivity index (χ0v) is 13.0. The van der Waals surface area contributed by atoms with Gasteiger partial charge in [-0.1, -0.05) is 24.6 Å². The average Bonchev–Trinajstić information content (AvgIpc) is 2.38. The van der Waals surface area contributed by atoms with E-state index in [0.29, 0.717) is 11.8 Å². The molecule has 2 rings (SSSR count). The number of aromatic nitrogens is 2. The van der Waals surface area contributed by atoms with E-state index in [1.54, 1.807) is 6.07 Å². The molecule has 20 heavy (non-hydrogen) atoms. The highest BCUT2D eigenvalue weighted by atomic mass is 35.5. The average molecular weight is 294 g/mol. The maximum Gasteiger partial charge on any atom is 0.318 e. The maximum absolute atomic E-state index is 5.77. The molecule has 2 aromatic rings. The van der Waals surface area contributed by atoms with Crippen LogP contribution in [0, 0.1) is 13.8 Å². The van der Waals surface area contributed by atoms with E-state index in [1.165, 1.54) is 18.2 Å². The van der Waals surface area contributed by atoms with Crippen molar-refractivity contribution in [3.63, 3.8) is 0 Å². The van der Waals surface area contributed by atoms with E-state index in [4.69, 9.17) is 22.1 Å². The van der Waals surface area contributed by atoms with Crippen molar-refractivity contribution in [3.8, 4) is 6.01 Å². The number of nitrogens with two attached hydrogens (primary N) is 1. The Balaban J connectivity index is 0.000000200. The molecule has 0 spiro atoms. The Labute approximate surface area is 125 Å². The van der Waals surface area contributed by atoms with Crippen molar-refractivity contribution in [2.45, 2.75) is 27.2 Å². The molecule has 0 fully saturated rings. The molecule has 1 heterocycles. The van der Waals surface area contributed by atoms with Crippen molar-refractivity contribution < 1.29 is 4.74 Å². The van der Waals surface area contributed by atoms with Crippen LogP contribution in [0.15, 0.2) is 24.3 Å². The minimum absolute atomic E-state index is 0.317. The van der Waals surface area contributed by atoms with Crippen LogP contribution in [0.4, 0.5) is 5.82 Å². The summed E-state index contributed by atoms with van der Waals surface area (Å²) >= 11 is 5.77. The summed E-state index contributed by atoms with van der Waals surface area (Å²) in [6, 6.07) is 8.02. The molecule has 108 valence electrons. The fourth-order valence-corrected chi connectivity index (χ4v) is 1.94. The van der Waals surface area contributed by atoms with E-state index < -0.39 is 0 Å². The van der Waals surface area contributed by atoms with E-state index in [-0.39, 0.29) is 0 Å². The number of halogens is 1. The topological polar surface area (TPSA) is 61.0 Å². The van der Waals surface area contributed by atoms with Gasteiger partial charge in [0.15, 0.2) is 0 Å². The normalized spacial score (nSPS) is 9.65. The summed E-state index contributed by atoms with van der Waals surface area (Å²) < 4.78 is 4.77. The van der Waals surface area contributed by atoms with Crippen LogP contribution in [0.5, 0.6) is 6.01 Å². The fraction of sp³-hybridized carbons (Fsp3) is 0.333. The predicted molar refractivity (Wildman–Crippen MR) is 83.3 cm³/mol. The summed E-state index contributed by atoms with van der Waals surface area (Å²) in [6.07, 6.45) is 1.09. The van der Waals surface area contributed by atoms with E-state index in [2.05, 4.69) is 29.9 Å². The zero-order chi connectivity index (χ0) is 15.1. The molecule has 0 radical (unpaired) electrons. The number of benzene rings is 1. The summed E-state index contributed by atoms with van der Waals surface area (Å²) in [5.41, 5.74) is 8.88. The zero-order valence-electron chi connectivity index (χ0n) is 12.3. The number of rotatable bonds is 2. The lowest BCUT2D eigenvalue weighted by Gasteiger charge is -2.01. The fourth-order valence-electron chi connectivity index (χ4n) is 1.71. The van der Waals surface area contributed by atoms with Gasteiger partial charge in [-0.25, -0.2) is 4.98 Å². The number of nitrogen functional groups attached to an aromatic ring is 1. The first-order valence-electron chi connectivity index (χ1n) is 6.36. The highest BCUT2D eigenvalue weighted by molar-refractivity contribution is 6.30. The first kappa shape index (κ1) is 16.2. The van der Waals surface area contributed by atoms with Gasteiger partial charge in [-0.2, -0.15) is 4.98 Å². The number of methoxy groups -OCH3 is 1. The van der Waals surface area contributed by atoms with Gasteiger partial charge in [0.2, 0.25) is 0 Å². The highest BCUT2D eigenvalue weighted by Crippen LogP contribution is 2.15. The van der Waals surface area contributed by atoms with Gasteiger partial charge in [0, 0.05) is 16.8 Å². The molecular formula is C15H20ClN3O. The van der Waals surface area contributed by atoms with Crippen LogP contribution >= 0.6 is 11.6 Å². The van der Waals surface area contributed by atoms with Crippen LogP contribution in [0.2, 0.25) is 5.02 Å². The number of aryl methyl sites for hydroxylation is 3. The number of ether oxygens (including phenoxy) is 1. The Kier molecular flexibility index (Phi) is 6.25. The van der Waals surface area contributed by atoms with Crippen LogP contribution in [-0.4, -0.2) is 17.1 Å². The van der Waals surface area contributed by atoms with Crippen molar-refractivity contribution in [2.24, 2.45) is 0 Å². The predicted octanol–water partition coefficient (Wildman–Crippen LogP) is 3.59. The molecule has 0 saturated heterocycles. The summed E-state index contributed by atoms with van der Waals surface area (Å²) in [5.74, 6) is 0.435. The monoisotopic (exact) mass is 293 g/mol. The van der Waals surface area contributed by atoms with Crippen LogP contribution in [0.1, 0.15) is 23.7 Å². The van der Waals surface area contributed by atoms with Gasteiger partial charge in [0.05, 0.1) is 7.11 Å². The van der Waals surface area contributed by atoms with Crippen molar-refractivity contribution in [1.29, 1.82) is 0 Å². The lowest BCUT2D eigenvalue weighted by Crippen LogP contribution is -1.97. The van der Waals surface area contributed by atoms with Crippen molar-refractivity contribution >= 4 is 17.4 Å². The molecule has 4 nitrogen and oxygen atoms in total. The Hall–Kier alpha value is -1.81. The molecule has 1 aromatic carbocycles. The van der Waals surface area contributed by atoms with Gasteiger partial charge in [-0.3, -0.25) is 0 Å². The van der Waals surface area contributed by atoms with Crippen LogP contribution in [0.25, 0.3) is 0 Å². The molecule has 0 bridgehead atoms. The third kappa shape index (κ3) is 5.05. The molecule has 5 heteroatoms. The van der Waals surface area contributed by atoms with Crippen LogP contribution < -0.4 is 10.5 Å². The molecule has 0 aliphatic rings. The minimum atomic E-state index is 0.317. The Morgan fingerprint density at radius 2 is 1.90 bits per heavy atom. The van der Waals surface area contributed by atoms with Crippen LogP contribution in [-0.2, 0) is 6.42 Å². The number of nitrogens with zero attached hydrogens (tertiary/aromatic N) is 2. The molecule has 0 saturated carbocycles. The largest absolute Gasteiger partial charge is 0.467 e. The van der Waals surface area contributed by atoms with Gasteiger partial charge >= 0.3 is 6.01 Å². The Morgan fingerprint density at radius 1 is 1.20 bits per heavy atom. The molecule has 0 amide bonds. The van der Waals surface area contributed by atoms with Gasteiger partial charge in [0.25, 0.3) is 0 Å². The third-order valence-corrected chi connectivity index (χ3v) is 2.96. The standard InChI is InChI=1S/C9H11Cl.C6H9N3O/c1-3-8-4-5-9(10)6-7(8)2;1-4-3-5(7)9-6(8-4)10-2/h4-6H,3H2,1-2H3;3H,1-2H3,(H2,7,8,9). The SMILES string of the molecule is CCc1ccc(Cl)cc1C.COc1nc(C)cc(N)n1. The maximum atomic E-state index is 5.77. The lowest BCUT2D eigenvalue weighted by atomic mass is 10.1. The lowest BCUT2D eigenvalue weighted by molar-refractivity contribution is 0.379. The molecule has 0 aliphatic carbocycles. The minimum Gasteiger partial charge on any atom is -0.467 e. The second kappa shape index (κ2) is 7.70. The smallest absolute Gasteiger partial charge is 0.318 e. The molecule has 0 atom stereocenters. The molecular weight excluding hydrogens is 274 g/mol. The molecule has 0 aliphatic heterocycles. The summed E-state index contributed by atoms with van der Waals surface area (Å²) in [7, 11) is 1.51. The summed E-state index contributed by atoms with van der Waals surface area (Å²) in [4.78, 5) is 7.74. The van der Waals surface area contributed by atoms with Crippen molar-refractivity contribution in [2.75, 3.05) is 12.8 Å². The van der Waals surface area contributed by atoms with E-state index in [0.717, 1.165) is 17.1 Å². The molecule has 0 unspecified atom stereocenters. The van der Waals surface area contributed by atoms with Gasteiger partial charge in [-0.05, 0) is 43.5 Å². The number of anilines is 1. The van der Waals surface area contributed by atoms with E-state index >= 15 is 0 Å². The summed E-state index contributed by atoms with van der Waals surface area (Å²) in [6.45, 7) is 6.07. The second-order valence-electron chi connectivity index (χ2n) is 4.35. The van der Waals surface area contributed by atoms with Crippen molar-refractivity contribution in [3.05, 3.63) is 46.1 Å². The molecule has 2 N–H and O–H groups in total. The van der Waals surface area contributed by atoms with Gasteiger partial charge < -0.3 is 10.5 Å². The Bertz CT molecular complexity index is 553. The van der Waals surface area contributed by atoms with Gasteiger partial charge in [0.1, 0.15) is 5.82 Å².